The largest absolute Gasteiger partial charge is 0.354 e. The van der Waals surface area contributed by atoms with E-state index in [4.69, 9.17) is 0 Å². The van der Waals surface area contributed by atoms with Gasteiger partial charge in [0.1, 0.15) is 0 Å². The van der Waals surface area contributed by atoms with Gasteiger partial charge in [0.05, 0.1) is 11.4 Å². The van der Waals surface area contributed by atoms with Gasteiger partial charge in [0, 0.05) is 15.7 Å². The van der Waals surface area contributed by atoms with E-state index >= 15 is 0 Å². The summed E-state index contributed by atoms with van der Waals surface area (Å²) in [5.41, 5.74) is 3.16. The second kappa shape index (κ2) is 7.11. The molecule has 0 saturated heterocycles. The number of carbonyl (C=O) groups is 1. The summed E-state index contributed by atoms with van der Waals surface area (Å²) >= 11 is 3.38. The van der Waals surface area contributed by atoms with Gasteiger partial charge in [-0.05, 0) is 42.5 Å². The van der Waals surface area contributed by atoms with Gasteiger partial charge in [-0.3, -0.25) is 4.79 Å². The summed E-state index contributed by atoms with van der Waals surface area (Å²) in [6.45, 7) is 0. The number of anilines is 3. The number of nitrogens with one attached hydrogen (secondary N) is 2. The molecular weight excluding hydrogens is 352 g/mol. The highest BCUT2D eigenvalue weighted by Gasteiger charge is 2.09. The van der Waals surface area contributed by atoms with Crippen LogP contribution in [0.15, 0.2) is 83.3 Å². The quantitative estimate of drug-likeness (QED) is 0.644. The van der Waals surface area contributed by atoms with Crippen LogP contribution in [0.4, 0.5) is 17.1 Å². The molecule has 0 fully saturated rings. The second-order valence-corrected chi connectivity index (χ2v) is 5.92. The lowest BCUT2D eigenvalue weighted by molar-refractivity contribution is 0.102. The molecule has 23 heavy (non-hydrogen) atoms. The fraction of sp³-hybridized carbons (Fsp3) is 0. The maximum Gasteiger partial charge on any atom is 0.255 e. The Morgan fingerprint density at radius 2 is 1.48 bits per heavy atom. The van der Waals surface area contributed by atoms with Crippen LogP contribution in [0.3, 0.4) is 0 Å². The molecule has 114 valence electrons. The van der Waals surface area contributed by atoms with Crippen molar-refractivity contribution in [1.82, 2.24) is 0 Å². The van der Waals surface area contributed by atoms with Crippen molar-refractivity contribution < 1.29 is 4.79 Å². The van der Waals surface area contributed by atoms with E-state index in [0.29, 0.717) is 5.56 Å². The average molecular weight is 367 g/mol. The molecule has 0 spiro atoms. The zero-order chi connectivity index (χ0) is 16.1. The van der Waals surface area contributed by atoms with Crippen molar-refractivity contribution in [1.29, 1.82) is 0 Å². The van der Waals surface area contributed by atoms with Gasteiger partial charge in [0.2, 0.25) is 0 Å². The van der Waals surface area contributed by atoms with Crippen LogP contribution in [0, 0.1) is 0 Å². The number of hydrogen-bond donors (Lipinski definition) is 2. The maximum atomic E-state index is 12.4. The molecule has 2 N–H and O–H groups in total. The second-order valence-electron chi connectivity index (χ2n) is 5.00. The molecule has 0 atom stereocenters. The Bertz CT molecular complexity index is 818. The summed E-state index contributed by atoms with van der Waals surface area (Å²) in [5, 5.41) is 6.27. The number of para-hydroxylation sites is 3. The minimum Gasteiger partial charge on any atom is -0.354 e. The van der Waals surface area contributed by atoms with Crippen LogP contribution in [-0.2, 0) is 0 Å². The Morgan fingerprint density at radius 3 is 2.22 bits per heavy atom. The molecule has 0 aromatic heterocycles. The van der Waals surface area contributed by atoms with Crippen molar-refractivity contribution >= 4 is 38.9 Å². The molecule has 4 heteroatoms. The van der Waals surface area contributed by atoms with Crippen LogP contribution in [-0.4, -0.2) is 5.91 Å². The summed E-state index contributed by atoms with van der Waals surface area (Å²) in [6, 6.07) is 24.8. The number of amides is 1. The van der Waals surface area contributed by atoms with E-state index in [1.807, 2.05) is 66.7 Å². The first-order valence-corrected chi connectivity index (χ1v) is 8.00. The smallest absolute Gasteiger partial charge is 0.255 e. The van der Waals surface area contributed by atoms with Gasteiger partial charge >= 0.3 is 0 Å². The van der Waals surface area contributed by atoms with Crippen molar-refractivity contribution in [3.05, 3.63) is 88.9 Å². The number of carbonyl (C=O) groups excluding carboxylic acids is 1. The fourth-order valence-corrected chi connectivity index (χ4v) is 2.60. The normalized spacial score (nSPS) is 10.1. The summed E-state index contributed by atoms with van der Waals surface area (Å²) in [4.78, 5) is 12.4. The predicted molar refractivity (Wildman–Crippen MR) is 98.3 cm³/mol. The molecule has 0 aliphatic heterocycles. The summed E-state index contributed by atoms with van der Waals surface area (Å²) in [7, 11) is 0. The Balaban J connectivity index is 1.82. The van der Waals surface area contributed by atoms with Crippen LogP contribution in [0.5, 0.6) is 0 Å². The molecule has 1 amide bonds. The molecule has 3 nitrogen and oxygen atoms in total. The van der Waals surface area contributed by atoms with Gasteiger partial charge in [0.15, 0.2) is 0 Å². The SMILES string of the molecule is O=C(Nc1ccccc1Nc1ccccc1)c1cccc(Br)c1. The monoisotopic (exact) mass is 366 g/mol. The minimum absolute atomic E-state index is 0.145. The maximum absolute atomic E-state index is 12.4. The van der Waals surface area contributed by atoms with Gasteiger partial charge in [-0.2, -0.15) is 0 Å². The first kappa shape index (κ1) is 15.3. The van der Waals surface area contributed by atoms with E-state index in [9.17, 15) is 4.79 Å². The van der Waals surface area contributed by atoms with Crippen LogP contribution in [0.25, 0.3) is 0 Å². The Hall–Kier alpha value is -2.59. The number of hydrogen-bond acceptors (Lipinski definition) is 2. The standard InChI is InChI=1S/C19H15BrN2O/c20-15-8-6-7-14(13-15)19(23)22-18-12-5-4-11-17(18)21-16-9-2-1-3-10-16/h1-13,21H,(H,22,23). The van der Waals surface area contributed by atoms with Gasteiger partial charge in [-0.1, -0.05) is 52.3 Å². The number of rotatable bonds is 4. The molecule has 3 rings (SSSR count). The van der Waals surface area contributed by atoms with Gasteiger partial charge in [-0.25, -0.2) is 0 Å². The van der Waals surface area contributed by atoms with Crippen molar-refractivity contribution in [2.45, 2.75) is 0 Å². The summed E-state index contributed by atoms with van der Waals surface area (Å²) < 4.78 is 0.876. The fourth-order valence-electron chi connectivity index (χ4n) is 2.20. The molecule has 0 aliphatic rings. The lowest BCUT2D eigenvalue weighted by Gasteiger charge is -2.13. The highest BCUT2D eigenvalue weighted by molar-refractivity contribution is 9.10. The molecule has 0 bridgehead atoms. The molecule has 0 unspecified atom stereocenters. The molecule has 0 heterocycles. The molecule has 3 aromatic carbocycles. The van der Waals surface area contributed by atoms with E-state index < -0.39 is 0 Å². The predicted octanol–water partition coefficient (Wildman–Crippen LogP) is 5.45. The first-order valence-electron chi connectivity index (χ1n) is 7.20. The van der Waals surface area contributed by atoms with Gasteiger partial charge in [0.25, 0.3) is 5.91 Å². The van der Waals surface area contributed by atoms with Crippen LogP contribution < -0.4 is 10.6 Å². The minimum atomic E-state index is -0.145. The van der Waals surface area contributed by atoms with E-state index in [2.05, 4.69) is 26.6 Å². The zero-order valence-corrected chi connectivity index (χ0v) is 13.9. The van der Waals surface area contributed by atoms with Gasteiger partial charge < -0.3 is 10.6 Å². The first-order chi connectivity index (χ1) is 11.2. The molecule has 3 aromatic rings. The van der Waals surface area contributed by atoms with E-state index in [1.54, 1.807) is 12.1 Å². The van der Waals surface area contributed by atoms with E-state index in [0.717, 1.165) is 21.5 Å². The zero-order valence-electron chi connectivity index (χ0n) is 12.3. The van der Waals surface area contributed by atoms with Crippen molar-refractivity contribution in [3.8, 4) is 0 Å². The number of benzene rings is 3. The molecule has 0 saturated carbocycles. The summed E-state index contributed by atoms with van der Waals surface area (Å²) in [5.74, 6) is -0.145. The third-order valence-corrected chi connectivity index (χ3v) is 3.81. The van der Waals surface area contributed by atoms with Gasteiger partial charge in [-0.15, -0.1) is 0 Å². The Labute approximate surface area is 143 Å². The third kappa shape index (κ3) is 3.99. The van der Waals surface area contributed by atoms with Crippen LogP contribution in [0.1, 0.15) is 10.4 Å². The van der Waals surface area contributed by atoms with E-state index in [-0.39, 0.29) is 5.91 Å². The highest BCUT2D eigenvalue weighted by Crippen LogP contribution is 2.25. The molecule has 0 aliphatic carbocycles. The third-order valence-electron chi connectivity index (χ3n) is 3.31. The molecule has 0 radical (unpaired) electrons. The van der Waals surface area contributed by atoms with Crippen LogP contribution in [0.2, 0.25) is 0 Å². The Kier molecular flexibility index (Phi) is 4.74. The lowest BCUT2D eigenvalue weighted by Crippen LogP contribution is -2.13. The van der Waals surface area contributed by atoms with Crippen LogP contribution >= 0.6 is 15.9 Å². The highest BCUT2D eigenvalue weighted by atomic mass is 79.9. The van der Waals surface area contributed by atoms with Crippen molar-refractivity contribution in [2.24, 2.45) is 0 Å². The number of halogens is 1. The van der Waals surface area contributed by atoms with Crippen molar-refractivity contribution in [2.75, 3.05) is 10.6 Å². The van der Waals surface area contributed by atoms with E-state index in [1.165, 1.54) is 0 Å². The average Bonchev–Trinajstić information content (AvgIpc) is 2.57. The molecular formula is C19H15BrN2O. The lowest BCUT2D eigenvalue weighted by atomic mass is 10.2. The Morgan fingerprint density at radius 1 is 0.783 bits per heavy atom. The summed E-state index contributed by atoms with van der Waals surface area (Å²) in [6.07, 6.45) is 0. The van der Waals surface area contributed by atoms with Crippen molar-refractivity contribution in [3.63, 3.8) is 0 Å². The topological polar surface area (TPSA) is 41.1 Å².